The number of hydrogen-bond donors (Lipinski definition) is 2. The van der Waals surface area contributed by atoms with Crippen LogP contribution < -0.4 is 10.1 Å². The van der Waals surface area contributed by atoms with Gasteiger partial charge in [0, 0.05) is 42.5 Å². The molecule has 27 heavy (non-hydrogen) atoms. The van der Waals surface area contributed by atoms with Crippen molar-refractivity contribution >= 4 is 21.9 Å². The van der Waals surface area contributed by atoms with E-state index in [1.165, 1.54) is 0 Å². The van der Waals surface area contributed by atoms with E-state index in [2.05, 4.69) is 37.5 Å². The van der Waals surface area contributed by atoms with E-state index in [-0.39, 0.29) is 6.10 Å². The molecule has 0 radical (unpaired) electrons. The second-order valence-corrected chi connectivity index (χ2v) is 6.72. The van der Waals surface area contributed by atoms with Crippen LogP contribution in [0.4, 0.5) is 0 Å². The van der Waals surface area contributed by atoms with E-state index in [0.29, 0.717) is 11.4 Å². The van der Waals surface area contributed by atoms with Crippen LogP contribution in [0.15, 0.2) is 30.9 Å². The number of fused-ring (bicyclic) bond motifs is 3. The van der Waals surface area contributed by atoms with Crippen molar-refractivity contribution in [3.8, 4) is 22.9 Å². The van der Waals surface area contributed by atoms with Crippen LogP contribution in [0.2, 0.25) is 0 Å². The summed E-state index contributed by atoms with van der Waals surface area (Å²) in [5.41, 5.74) is 3.78. The predicted octanol–water partition coefficient (Wildman–Crippen LogP) is 2.12. The lowest BCUT2D eigenvalue weighted by atomic mass is 10.1. The minimum Gasteiger partial charge on any atom is -0.485 e. The molecule has 5 rings (SSSR count). The van der Waals surface area contributed by atoms with E-state index in [4.69, 9.17) is 4.74 Å². The predicted molar refractivity (Wildman–Crippen MR) is 100 cm³/mol. The van der Waals surface area contributed by atoms with Crippen LogP contribution in [0, 0.1) is 11.3 Å². The SMILES string of the molecule is Cn1cc(-c2cnc3[nH]c4cnc(C#N)c(OC5CCNC5)c4c3c2)cn1. The van der Waals surface area contributed by atoms with Gasteiger partial charge in [0.2, 0.25) is 0 Å². The third-order valence-corrected chi connectivity index (χ3v) is 4.89. The number of aryl methyl sites for hydroxylation is 1. The third kappa shape index (κ3) is 2.60. The van der Waals surface area contributed by atoms with Gasteiger partial charge in [0.25, 0.3) is 0 Å². The van der Waals surface area contributed by atoms with Crippen molar-refractivity contribution in [3.05, 3.63) is 36.5 Å². The lowest BCUT2D eigenvalue weighted by molar-refractivity contribution is 0.224. The Hall–Kier alpha value is -3.44. The van der Waals surface area contributed by atoms with Gasteiger partial charge in [0.1, 0.15) is 17.8 Å². The normalized spacial score (nSPS) is 16.8. The van der Waals surface area contributed by atoms with Crippen molar-refractivity contribution in [1.82, 2.24) is 30.0 Å². The first-order chi connectivity index (χ1) is 13.2. The minimum atomic E-state index is 0.0314. The number of aromatic amines is 1. The van der Waals surface area contributed by atoms with Gasteiger partial charge in [-0.25, -0.2) is 9.97 Å². The Balaban J connectivity index is 1.74. The number of rotatable bonds is 3. The molecule has 4 aromatic heterocycles. The van der Waals surface area contributed by atoms with E-state index < -0.39 is 0 Å². The topological polar surface area (TPSA) is 104 Å². The maximum Gasteiger partial charge on any atom is 0.183 e. The Kier molecular flexibility index (Phi) is 3.55. The largest absolute Gasteiger partial charge is 0.485 e. The highest BCUT2D eigenvalue weighted by Gasteiger charge is 2.22. The highest BCUT2D eigenvalue weighted by molar-refractivity contribution is 6.10. The lowest BCUT2D eigenvalue weighted by Gasteiger charge is -2.14. The summed E-state index contributed by atoms with van der Waals surface area (Å²) in [6.45, 7) is 1.68. The molecular formula is C19H17N7O. The van der Waals surface area contributed by atoms with Crippen LogP contribution in [0.5, 0.6) is 5.75 Å². The van der Waals surface area contributed by atoms with Gasteiger partial charge in [-0.15, -0.1) is 0 Å². The zero-order chi connectivity index (χ0) is 18.4. The molecule has 1 aliphatic rings. The summed E-state index contributed by atoms with van der Waals surface area (Å²) in [5, 5.41) is 18.8. The molecule has 0 bridgehead atoms. The zero-order valence-corrected chi connectivity index (χ0v) is 14.7. The molecule has 0 aromatic carbocycles. The number of aromatic nitrogens is 5. The highest BCUT2D eigenvalue weighted by atomic mass is 16.5. The molecule has 0 aliphatic carbocycles. The van der Waals surface area contributed by atoms with Gasteiger partial charge in [-0.1, -0.05) is 0 Å². The second kappa shape index (κ2) is 6.07. The van der Waals surface area contributed by atoms with Crippen molar-refractivity contribution in [3.63, 3.8) is 0 Å². The first-order valence-electron chi connectivity index (χ1n) is 8.80. The van der Waals surface area contributed by atoms with Crippen molar-refractivity contribution in [2.45, 2.75) is 12.5 Å². The Morgan fingerprint density at radius 3 is 2.93 bits per heavy atom. The second-order valence-electron chi connectivity index (χ2n) is 6.72. The van der Waals surface area contributed by atoms with E-state index in [1.807, 2.05) is 25.6 Å². The summed E-state index contributed by atoms with van der Waals surface area (Å²) >= 11 is 0. The van der Waals surface area contributed by atoms with Gasteiger partial charge < -0.3 is 15.0 Å². The molecule has 1 unspecified atom stereocenters. The quantitative estimate of drug-likeness (QED) is 0.581. The molecule has 0 saturated carbocycles. The van der Waals surface area contributed by atoms with Crippen LogP contribution in [0.1, 0.15) is 12.1 Å². The molecule has 134 valence electrons. The van der Waals surface area contributed by atoms with E-state index in [0.717, 1.165) is 52.6 Å². The van der Waals surface area contributed by atoms with Crippen LogP contribution in [-0.4, -0.2) is 43.9 Å². The summed E-state index contributed by atoms with van der Waals surface area (Å²) in [6.07, 6.45) is 8.17. The number of H-pyrrole nitrogens is 1. The van der Waals surface area contributed by atoms with E-state index in [9.17, 15) is 5.26 Å². The average molecular weight is 359 g/mol. The van der Waals surface area contributed by atoms with Crippen molar-refractivity contribution < 1.29 is 4.74 Å². The molecule has 0 amide bonds. The maximum atomic E-state index is 9.55. The van der Waals surface area contributed by atoms with E-state index in [1.54, 1.807) is 10.9 Å². The smallest absolute Gasteiger partial charge is 0.183 e. The van der Waals surface area contributed by atoms with Crippen LogP contribution >= 0.6 is 0 Å². The van der Waals surface area contributed by atoms with Gasteiger partial charge >= 0.3 is 0 Å². The van der Waals surface area contributed by atoms with Crippen molar-refractivity contribution in [2.24, 2.45) is 7.05 Å². The molecule has 1 atom stereocenters. The summed E-state index contributed by atoms with van der Waals surface area (Å²) in [5.74, 6) is 0.528. The molecule has 1 aliphatic heterocycles. The molecular weight excluding hydrogens is 342 g/mol. The van der Waals surface area contributed by atoms with Gasteiger partial charge in [-0.05, 0) is 19.0 Å². The summed E-state index contributed by atoms with van der Waals surface area (Å²) in [4.78, 5) is 12.1. The number of nitrogens with one attached hydrogen (secondary N) is 2. The van der Waals surface area contributed by atoms with E-state index >= 15 is 0 Å². The Labute approximate surface area is 154 Å². The fraction of sp³-hybridized carbons (Fsp3) is 0.263. The molecule has 4 aromatic rings. The number of nitrogens with zero attached hydrogens (tertiary/aromatic N) is 5. The molecule has 2 N–H and O–H groups in total. The van der Waals surface area contributed by atoms with Crippen molar-refractivity contribution in [1.29, 1.82) is 5.26 Å². The van der Waals surface area contributed by atoms with Gasteiger partial charge in [-0.2, -0.15) is 10.4 Å². The number of pyridine rings is 2. The van der Waals surface area contributed by atoms with Gasteiger partial charge in [-0.3, -0.25) is 4.68 Å². The summed E-state index contributed by atoms with van der Waals surface area (Å²) in [6, 6.07) is 4.22. The summed E-state index contributed by atoms with van der Waals surface area (Å²) < 4.78 is 7.97. The molecule has 8 heteroatoms. The van der Waals surface area contributed by atoms with Crippen LogP contribution in [0.25, 0.3) is 33.1 Å². The molecule has 1 saturated heterocycles. The first-order valence-corrected chi connectivity index (χ1v) is 8.80. The molecule has 1 fully saturated rings. The fourth-order valence-electron chi connectivity index (χ4n) is 3.56. The van der Waals surface area contributed by atoms with Crippen LogP contribution in [0.3, 0.4) is 0 Å². The number of ether oxygens (including phenoxy) is 1. The average Bonchev–Trinajstić information content (AvgIpc) is 3.41. The molecule has 5 heterocycles. The fourth-order valence-corrected chi connectivity index (χ4v) is 3.56. The van der Waals surface area contributed by atoms with Gasteiger partial charge in [0.05, 0.1) is 23.3 Å². The minimum absolute atomic E-state index is 0.0314. The van der Waals surface area contributed by atoms with Gasteiger partial charge in [0.15, 0.2) is 11.4 Å². The zero-order valence-electron chi connectivity index (χ0n) is 14.7. The van der Waals surface area contributed by atoms with Crippen molar-refractivity contribution in [2.75, 3.05) is 13.1 Å². The maximum absolute atomic E-state index is 9.55. The summed E-state index contributed by atoms with van der Waals surface area (Å²) in [7, 11) is 1.88. The molecule has 8 nitrogen and oxygen atoms in total. The standard InChI is InChI=1S/C19H17N7O/c1-26-10-12(7-24-26)11-4-14-17-16(25-19(14)23-6-11)9-22-15(5-20)18(17)27-13-2-3-21-8-13/h4,6-7,9-10,13,21H,2-3,8H2,1H3,(H,23,25). The number of nitriles is 1. The lowest BCUT2D eigenvalue weighted by Crippen LogP contribution is -2.20. The first kappa shape index (κ1) is 15.8. The highest BCUT2D eigenvalue weighted by Crippen LogP contribution is 2.36. The van der Waals surface area contributed by atoms with Crippen LogP contribution in [-0.2, 0) is 7.05 Å². The Morgan fingerprint density at radius 1 is 1.26 bits per heavy atom. The Morgan fingerprint density at radius 2 is 2.19 bits per heavy atom. The molecule has 0 spiro atoms. The number of hydrogen-bond acceptors (Lipinski definition) is 6. The monoisotopic (exact) mass is 359 g/mol. The third-order valence-electron chi connectivity index (χ3n) is 4.89. The Bertz CT molecular complexity index is 1190.